The number of ether oxygens (including phenoxy) is 2. The zero-order valence-corrected chi connectivity index (χ0v) is 17.4. The first-order valence-electron chi connectivity index (χ1n) is 9.83. The van der Waals surface area contributed by atoms with E-state index in [0.29, 0.717) is 30.4 Å². The van der Waals surface area contributed by atoms with Crippen LogP contribution in [0.3, 0.4) is 0 Å². The van der Waals surface area contributed by atoms with Gasteiger partial charge in [0.25, 0.3) is 0 Å². The summed E-state index contributed by atoms with van der Waals surface area (Å²) in [6.45, 7) is 5.32. The topological polar surface area (TPSA) is 65.3 Å². The smallest absolute Gasteiger partial charge is 0.213 e. The lowest BCUT2D eigenvalue weighted by Gasteiger charge is -2.26. The quantitative estimate of drug-likeness (QED) is 0.617. The highest BCUT2D eigenvalue weighted by atomic mass is 35.5. The van der Waals surface area contributed by atoms with Crippen molar-refractivity contribution in [2.24, 2.45) is 0 Å². The summed E-state index contributed by atoms with van der Waals surface area (Å²) < 4.78 is 27.7. The first-order chi connectivity index (χ1) is 14.2. The number of aromatic nitrogens is 4. The van der Waals surface area contributed by atoms with Gasteiger partial charge in [-0.2, -0.15) is 0 Å². The Balaban J connectivity index is 0.00000218. The van der Waals surface area contributed by atoms with Gasteiger partial charge in [0.2, 0.25) is 5.88 Å². The van der Waals surface area contributed by atoms with Gasteiger partial charge in [0.15, 0.2) is 0 Å². The van der Waals surface area contributed by atoms with Crippen molar-refractivity contribution in [3.63, 3.8) is 0 Å². The summed E-state index contributed by atoms with van der Waals surface area (Å²) in [6.07, 6.45) is 1.90. The molecular formula is C21H23ClFN5O2. The molecule has 0 amide bonds. The highest BCUT2D eigenvalue weighted by Gasteiger charge is 2.40. The molecule has 30 heavy (non-hydrogen) atoms. The van der Waals surface area contributed by atoms with E-state index in [9.17, 15) is 4.39 Å². The molecule has 158 valence electrons. The maximum Gasteiger partial charge on any atom is 0.213 e. The van der Waals surface area contributed by atoms with Crippen LogP contribution in [0.2, 0.25) is 0 Å². The third kappa shape index (κ3) is 3.78. The fourth-order valence-electron chi connectivity index (χ4n) is 4.12. The SMILES string of the molecule is CCOc1ccc(CN2C[C@@H]3OCc4c(-c5ccccc5F)nnn4[C@H]3C2)cn1.Cl. The number of halogens is 2. The molecule has 9 heteroatoms. The minimum absolute atomic E-state index is 0. The Labute approximate surface area is 180 Å². The van der Waals surface area contributed by atoms with E-state index in [1.165, 1.54) is 6.07 Å². The molecule has 0 unspecified atom stereocenters. The number of pyridine rings is 1. The zero-order chi connectivity index (χ0) is 19.8. The minimum atomic E-state index is -0.297. The number of rotatable bonds is 5. The van der Waals surface area contributed by atoms with Crippen LogP contribution in [0, 0.1) is 5.82 Å². The van der Waals surface area contributed by atoms with Gasteiger partial charge in [-0.1, -0.05) is 23.4 Å². The number of hydrogen-bond acceptors (Lipinski definition) is 6. The Morgan fingerprint density at radius 1 is 1.20 bits per heavy atom. The second-order valence-electron chi connectivity index (χ2n) is 7.36. The van der Waals surface area contributed by atoms with E-state index >= 15 is 0 Å². The average Bonchev–Trinajstić information content (AvgIpc) is 3.33. The third-order valence-corrected chi connectivity index (χ3v) is 5.48. The molecule has 0 bridgehead atoms. The van der Waals surface area contributed by atoms with Crippen molar-refractivity contribution in [2.45, 2.75) is 32.2 Å². The van der Waals surface area contributed by atoms with Gasteiger partial charge in [-0.3, -0.25) is 4.90 Å². The molecule has 3 aromatic rings. The monoisotopic (exact) mass is 431 g/mol. The van der Waals surface area contributed by atoms with Crippen molar-refractivity contribution in [2.75, 3.05) is 19.7 Å². The summed E-state index contributed by atoms with van der Waals surface area (Å²) in [5, 5.41) is 8.63. The van der Waals surface area contributed by atoms with Gasteiger partial charge in [-0.25, -0.2) is 14.1 Å². The molecule has 2 aromatic heterocycles. The Kier molecular flexibility index (Phi) is 5.99. The average molecular weight is 432 g/mol. The lowest BCUT2D eigenvalue weighted by molar-refractivity contribution is -0.00495. The van der Waals surface area contributed by atoms with Gasteiger partial charge in [0, 0.05) is 37.5 Å². The Hall–Kier alpha value is -2.55. The first kappa shape index (κ1) is 20.7. The molecule has 0 aliphatic carbocycles. The summed E-state index contributed by atoms with van der Waals surface area (Å²) in [6, 6.07) is 10.7. The Morgan fingerprint density at radius 2 is 2.07 bits per heavy atom. The summed E-state index contributed by atoms with van der Waals surface area (Å²) in [5.74, 6) is 0.344. The highest BCUT2D eigenvalue weighted by Crippen LogP contribution is 2.35. The van der Waals surface area contributed by atoms with Crippen LogP contribution in [0.5, 0.6) is 5.88 Å². The van der Waals surface area contributed by atoms with E-state index < -0.39 is 0 Å². The van der Waals surface area contributed by atoms with Crippen LogP contribution in [0.4, 0.5) is 4.39 Å². The molecule has 2 aliphatic heterocycles. The van der Waals surface area contributed by atoms with Crippen molar-refractivity contribution >= 4 is 12.4 Å². The molecule has 2 aliphatic rings. The van der Waals surface area contributed by atoms with Crippen LogP contribution in [0.1, 0.15) is 24.2 Å². The molecule has 0 spiro atoms. The molecule has 5 rings (SSSR count). The summed E-state index contributed by atoms with van der Waals surface area (Å²) in [4.78, 5) is 6.66. The minimum Gasteiger partial charge on any atom is -0.478 e. The predicted molar refractivity (Wildman–Crippen MR) is 111 cm³/mol. The van der Waals surface area contributed by atoms with E-state index in [4.69, 9.17) is 9.47 Å². The van der Waals surface area contributed by atoms with Gasteiger partial charge in [-0.15, -0.1) is 17.5 Å². The van der Waals surface area contributed by atoms with Crippen LogP contribution in [0.15, 0.2) is 42.6 Å². The molecule has 0 saturated carbocycles. The van der Waals surface area contributed by atoms with Crippen molar-refractivity contribution in [3.8, 4) is 17.1 Å². The van der Waals surface area contributed by atoms with Gasteiger partial charge in [0.05, 0.1) is 31.1 Å². The standard InChI is InChI=1S/C21H22FN5O2.ClH/c1-2-28-20-8-7-14(9-23-20)10-26-11-17-19(12-26)29-13-18-21(24-25-27(17)18)15-5-3-4-6-16(15)22;/h3-9,17,19H,2,10-13H2,1H3;1H/t17-,19-;/m0./s1. The number of hydrogen-bond donors (Lipinski definition) is 0. The summed E-state index contributed by atoms with van der Waals surface area (Å²) in [7, 11) is 0. The molecule has 4 heterocycles. The van der Waals surface area contributed by atoms with Crippen molar-refractivity contribution in [1.82, 2.24) is 24.9 Å². The number of benzene rings is 1. The molecule has 0 radical (unpaired) electrons. The van der Waals surface area contributed by atoms with E-state index in [1.54, 1.807) is 18.2 Å². The zero-order valence-electron chi connectivity index (χ0n) is 16.6. The van der Waals surface area contributed by atoms with Gasteiger partial charge in [-0.05, 0) is 24.6 Å². The lowest BCUT2D eigenvalue weighted by atomic mass is 10.1. The predicted octanol–water partition coefficient (Wildman–Crippen LogP) is 3.26. The number of nitrogens with zero attached hydrogens (tertiary/aromatic N) is 5. The molecule has 1 fully saturated rings. The number of fused-ring (bicyclic) bond motifs is 3. The fraction of sp³-hybridized carbons (Fsp3) is 0.381. The van der Waals surface area contributed by atoms with E-state index in [0.717, 1.165) is 30.9 Å². The van der Waals surface area contributed by atoms with Gasteiger partial charge >= 0.3 is 0 Å². The highest BCUT2D eigenvalue weighted by molar-refractivity contribution is 5.85. The third-order valence-electron chi connectivity index (χ3n) is 5.48. The largest absolute Gasteiger partial charge is 0.478 e. The maximum absolute atomic E-state index is 14.2. The van der Waals surface area contributed by atoms with Crippen molar-refractivity contribution in [3.05, 3.63) is 59.7 Å². The number of likely N-dealkylation sites (tertiary alicyclic amines) is 1. The molecule has 0 N–H and O–H groups in total. The lowest BCUT2D eigenvalue weighted by Crippen LogP contribution is -2.32. The van der Waals surface area contributed by atoms with E-state index in [2.05, 4.69) is 20.2 Å². The normalized spacial score (nSPS) is 20.3. The van der Waals surface area contributed by atoms with Crippen molar-refractivity contribution < 1.29 is 13.9 Å². The van der Waals surface area contributed by atoms with Crippen LogP contribution < -0.4 is 4.74 Å². The van der Waals surface area contributed by atoms with Crippen LogP contribution in [0.25, 0.3) is 11.3 Å². The molecule has 7 nitrogen and oxygen atoms in total. The second-order valence-corrected chi connectivity index (χ2v) is 7.36. The van der Waals surface area contributed by atoms with E-state index in [1.807, 2.05) is 29.9 Å². The summed E-state index contributed by atoms with van der Waals surface area (Å²) >= 11 is 0. The Bertz CT molecular complexity index is 1010. The van der Waals surface area contributed by atoms with Gasteiger partial charge in [0.1, 0.15) is 11.5 Å². The maximum atomic E-state index is 14.2. The summed E-state index contributed by atoms with van der Waals surface area (Å²) in [5.41, 5.74) is 2.99. The van der Waals surface area contributed by atoms with Crippen LogP contribution in [-0.2, 0) is 17.9 Å². The fourth-order valence-corrected chi connectivity index (χ4v) is 4.12. The van der Waals surface area contributed by atoms with Gasteiger partial charge < -0.3 is 9.47 Å². The first-order valence-corrected chi connectivity index (χ1v) is 9.83. The van der Waals surface area contributed by atoms with Crippen LogP contribution in [-0.4, -0.2) is 50.7 Å². The Morgan fingerprint density at radius 3 is 2.83 bits per heavy atom. The molecule has 1 aromatic carbocycles. The van der Waals surface area contributed by atoms with E-state index in [-0.39, 0.29) is 30.4 Å². The molecule has 2 atom stereocenters. The second kappa shape index (κ2) is 8.67. The van der Waals surface area contributed by atoms with Crippen LogP contribution >= 0.6 is 12.4 Å². The van der Waals surface area contributed by atoms with Crippen molar-refractivity contribution in [1.29, 1.82) is 0 Å². The molecular weight excluding hydrogens is 409 g/mol. The molecule has 1 saturated heterocycles.